The van der Waals surface area contributed by atoms with Crippen LogP contribution < -0.4 is 10.5 Å². The highest BCUT2D eigenvalue weighted by Gasteiger charge is 2.15. The zero-order chi connectivity index (χ0) is 13.3. The molecular formula is C13H18N4O. The Morgan fingerprint density at radius 1 is 1.33 bits per heavy atom. The molecule has 0 aliphatic heterocycles. The van der Waals surface area contributed by atoms with Crippen molar-refractivity contribution in [1.29, 1.82) is 0 Å². The maximum absolute atomic E-state index is 5.94. The lowest BCUT2D eigenvalue weighted by Crippen LogP contribution is -2.11. The van der Waals surface area contributed by atoms with Crippen LogP contribution in [-0.4, -0.2) is 20.9 Å². The topological polar surface area (TPSA) is 66.0 Å². The van der Waals surface area contributed by atoms with Gasteiger partial charge in [0.15, 0.2) is 11.6 Å². The number of hydrogen-bond acceptors (Lipinski definition) is 4. The van der Waals surface area contributed by atoms with Gasteiger partial charge in [-0.1, -0.05) is 0 Å². The molecule has 2 rings (SSSR count). The first kappa shape index (κ1) is 12.4. The molecule has 0 spiro atoms. The van der Waals surface area contributed by atoms with E-state index >= 15 is 0 Å². The highest BCUT2D eigenvalue weighted by Crippen LogP contribution is 2.25. The Hall–Kier alpha value is -2.04. The smallest absolute Gasteiger partial charge is 0.196 e. The first-order valence-corrected chi connectivity index (χ1v) is 5.94. The molecule has 2 aromatic heterocycles. The van der Waals surface area contributed by atoms with Gasteiger partial charge < -0.3 is 10.5 Å². The third-order valence-electron chi connectivity index (χ3n) is 2.66. The second-order valence-electron chi connectivity index (χ2n) is 4.49. The minimum Gasteiger partial charge on any atom is -0.487 e. The molecule has 0 atom stereocenters. The minimum atomic E-state index is 0.0854. The summed E-state index contributed by atoms with van der Waals surface area (Å²) in [7, 11) is 0. The molecular weight excluding hydrogens is 228 g/mol. The average molecular weight is 246 g/mol. The summed E-state index contributed by atoms with van der Waals surface area (Å²) in [5.74, 6) is 1.38. The average Bonchev–Trinajstić information content (AvgIpc) is 2.57. The molecule has 18 heavy (non-hydrogen) atoms. The van der Waals surface area contributed by atoms with E-state index in [-0.39, 0.29) is 6.10 Å². The van der Waals surface area contributed by atoms with E-state index in [9.17, 15) is 0 Å². The first-order chi connectivity index (χ1) is 8.50. The van der Waals surface area contributed by atoms with Gasteiger partial charge in [-0.05, 0) is 39.8 Å². The molecule has 0 aliphatic carbocycles. The van der Waals surface area contributed by atoms with Crippen LogP contribution in [0, 0.1) is 13.8 Å². The Morgan fingerprint density at radius 2 is 2.06 bits per heavy atom. The second kappa shape index (κ2) is 4.68. The molecule has 5 nitrogen and oxygen atoms in total. The molecule has 0 aliphatic rings. The lowest BCUT2D eigenvalue weighted by atomic mass is 10.3. The van der Waals surface area contributed by atoms with Gasteiger partial charge in [-0.2, -0.15) is 5.10 Å². The molecule has 2 heterocycles. The quantitative estimate of drug-likeness (QED) is 0.902. The summed E-state index contributed by atoms with van der Waals surface area (Å²) in [4.78, 5) is 4.34. The van der Waals surface area contributed by atoms with Gasteiger partial charge >= 0.3 is 0 Å². The van der Waals surface area contributed by atoms with E-state index in [0.717, 1.165) is 11.4 Å². The third-order valence-corrected chi connectivity index (χ3v) is 2.66. The largest absolute Gasteiger partial charge is 0.487 e. The molecule has 0 unspecified atom stereocenters. The van der Waals surface area contributed by atoms with E-state index in [1.807, 2.05) is 39.8 Å². The highest BCUT2D eigenvalue weighted by atomic mass is 16.5. The molecule has 0 radical (unpaired) electrons. The first-order valence-electron chi connectivity index (χ1n) is 5.94. The lowest BCUT2D eigenvalue weighted by Gasteiger charge is -2.13. The molecule has 0 aromatic carbocycles. The van der Waals surface area contributed by atoms with Crippen LogP contribution in [0.2, 0.25) is 0 Å². The SMILES string of the molecule is Cc1nn(-c2ncccc2OC(C)C)c(C)c1N. The Labute approximate surface area is 107 Å². The van der Waals surface area contributed by atoms with Crippen molar-refractivity contribution in [1.82, 2.24) is 14.8 Å². The number of aryl methyl sites for hydroxylation is 1. The van der Waals surface area contributed by atoms with Gasteiger partial charge in [-0.3, -0.25) is 0 Å². The number of hydrogen-bond donors (Lipinski definition) is 1. The van der Waals surface area contributed by atoms with Crippen molar-refractivity contribution in [2.24, 2.45) is 0 Å². The van der Waals surface area contributed by atoms with Gasteiger partial charge in [0, 0.05) is 6.20 Å². The van der Waals surface area contributed by atoms with Crippen LogP contribution in [0.3, 0.4) is 0 Å². The molecule has 0 fully saturated rings. The van der Waals surface area contributed by atoms with Crippen LogP contribution in [0.5, 0.6) is 5.75 Å². The Kier molecular flexibility index (Phi) is 3.23. The minimum absolute atomic E-state index is 0.0854. The number of anilines is 1. The maximum atomic E-state index is 5.94. The fourth-order valence-corrected chi connectivity index (χ4v) is 1.75. The zero-order valence-electron chi connectivity index (χ0n) is 11.1. The maximum Gasteiger partial charge on any atom is 0.196 e. The van der Waals surface area contributed by atoms with E-state index in [1.54, 1.807) is 10.9 Å². The van der Waals surface area contributed by atoms with Crippen molar-refractivity contribution in [3.05, 3.63) is 29.7 Å². The standard InChI is InChI=1S/C13H18N4O/c1-8(2)18-11-6-5-7-15-13(11)17-10(4)12(14)9(3)16-17/h5-8H,14H2,1-4H3. The van der Waals surface area contributed by atoms with Crippen molar-refractivity contribution in [3.8, 4) is 11.6 Å². The number of nitrogens with zero attached hydrogens (tertiary/aromatic N) is 3. The number of nitrogens with two attached hydrogens (primary N) is 1. The van der Waals surface area contributed by atoms with Crippen LogP contribution >= 0.6 is 0 Å². The van der Waals surface area contributed by atoms with Gasteiger partial charge in [-0.25, -0.2) is 9.67 Å². The number of rotatable bonds is 3. The van der Waals surface area contributed by atoms with E-state index in [0.29, 0.717) is 17.3 Å². The Bertz CT molecular complexity index is 560. The van der Waals surface area contributed by atoms with E-state index in [2.05, 4.69) is 10.1 Å². The zero-order valence-corrected chi connectivity index (χ0v) is 11.1. The molecule has 0 bridgehead atoms. The predicted molar refractivity (Wildman–Crippen MR) is 71.0 cm³/mol. The normalized spacial score (nSPS) is 10.9. The van der Waals surface area contributed by atoms with Crippen LogP contribution in [0.1, 0.15) is 25.2 Å². The molecule has 2 aromatic rings. The van der Waals surface area contributed by atoms with E-state index in [1.165, 1.54) is 0 Å². The van der Waals surface area contributed by atoms with E-state index < -0.39 is 0 Å². The summed E-state index contributed by atoms with van der Waals surface area (Å²) in [6.07, 6.45) is 1.80. The number of aromatic nitrogens is 3. The summed E-state index contributed by atoms with van der Waals surface area (Å²) in [6.45, 7) is 7.76. The van der Waals surface area contributed by atoms with Gasteiger partial charge in [0.2, 0.25) is 0 Å². The highest BCUT2D eigenvalue weighted by molar-refractivity contribution is 5.51. The van der Waals surface area contributed by atoms with Crippen molar-refractivity contribution in [2.75, 3.05) is 5.73 Å². The molecule has 0 saturated carbocycles. The predicted octanol–water partition coefficient (Wildman–Crippen LogP) is 2.25. The third kappa shape index (κ3) is 2.16. The monoisotopic (exact) mass is 246 g/mol. The Morgan fingerprint density at radius 3 is 2.61 bits per heavy atom. The molecule has 5 heteroatoms. The van der Waals surface area contributed by atoms with Crippen LogP contribution in [0.4, 0.5) is 5.69 Å². The van der Waals surface area contributed by atoms with Gasteiger partial charge in [-0.15, -0.1) is 0 Å². The van der Waals surface area contributed by atoms with Gasteiger partial charge in [0.1, 0.15) is 0 Å². The summed E-state index contributed by atoms with van der Waals surface area (Å²) in [5, 5.41) is 4.40. The van der Waals surface area contributed by atoms with Crippen LogP contribution in [-0.2, 0) is 0 Å². The van der Waals surface area contributed by atoms with Crippen molar-refractivity contribution >= 4 is 5.69 Å². The van der Waals surface area contributed by atoms with Gasteiger partial charge in [0.25, 0.3) is 0 Å². The lowest BCUT2D eigenvalue weighted by molar-refractivity contribution is 0.240. The fraction of sp³-hybridized carbons (Fsp3) is 0.385. The van der Waals surface area contributed by atoms with Crippen LogP contribution in [0.15, 0.2) is 18.3 Å². The summed E-state index contributed by atoms with van der Waals surface area (Å²) < 4.78 is 7.46. The summed E-state index contributed by atoms with van der Waals surface area (Å²) >= 11 is 0. The molecule has 0 amide bonds. The van der Waals surface area contributed by atoms with E-state index in [4.69, 9.17) is 10.5 Å². The van der Waals surface area contributed by atoms with Crippen molar-refractivity contribution < 1.29 is 4.74 Å². The van der Waals surface area contributed by atoms with Crippen molar-refractivity contribution in [3.63, 3.8) is 0 Å². The molecule has 0 saturated heterocycles. The number of pyridine rings is 1. The van der Waals surface area contributed by atoms with Crippen molar-refractivity contribution in [2.45, 2.75) is 33.8 Å². The Balaban J connectivity index is 2.53. The molecule has 96 valence electrons. The summed E-state index contributed by atoms with van der Waals surface area (Å²) in [6, 6.07) is 3.73. The van der Waals surface area contributed by atoms with Gasteiger partial charge in [0.05, 0.1) is 23.2 Å². The number of ether oxygens (including phenoxy) is 1. The van der Waals surface area contributed by atoms with Crippen LogP contribution in [0.25, 0.3) is 5.82 Å². The second-order valence-corrected chi connectivity index (χ2v) is 4.49. The summed E-state index contributed by atoms with van der Waals surface area (Å²) in [5.41, 5.74) is 8.30. The number of nitrogen functional groups attached to an aromatic ring is 1. The fourth-order valence-electron chi connectivity index (χ4n) is 1.75. The molecule has 2 N–H and O–H groups in total.